The predicted molar refractivity (Wildman–Crippen MR) is 84.2 cm³/mol. The number of hydrogen-bond acceptors (Lipinski definition) is 3. The molecule has 1 aliphatic rings. The fourth-order valence-electron chi connectivity index (χ4n) is 3.29. The van der Waals surface area contributed by atoms with Gasteiger partial charge in [0, 0.05) is 19.1 Å². The van der Waals surface area contributed by atoms with E-state index in [0.717, 1.165) is 30.9 Å². The zero-order chi connectivity index (χ0) is 15.2. The topological polar surface area (TPSA) is 66.6 Å². The Morgan fingerprint density at radius 3 is 2.71 bits per heavy atom. The highest BCUT2D eigenvalue weighted by atomic mass is 16.4. The zero-order valence-corrected chi connectivity index (χ0v) is 12.7. The molecule has 0 bridgehead atoms. The van der Waals surface area contributed by atoms with Crippen molar-refractivity contribution in [2.45, 2.75) is 38.1 Å². The highest BCUT2D eigenvalue weighted by Gasteiger charge is 2.31. The minimum Gasteiger partial charge on any atom is -0.481 e. The third kappa shape index (κ3) is 4.05. The minimum atomic E-state index is -0.755. The van der Waals surface area contributed by atoms with Crippen molar-refractivity contribution in [2.75, 3.05) is 19.6 Å². The highest BCUT2D eigenvalue weighted by molar-refractivity contribution is 5.76. The number of hydrogen-bond donors (Lipinski definition) is 2. The van der Waals surface area contributed by atoms with Crippen LogP contribution in [0.15, 0.2) is 30.3 Å². The zero-order valence-electron chi connectivity index (χ0n) is 12.7. The second-order valence-electron chi connectivity index (χ2n) is 5.98. The maximum atomic E-state index is 11.6. The average molecular weight is 290 g/mol. The van der Waals surface area contributed by atoms with Gasteiger partial charge in [0.05, 0.1) is 5.92 Å². The molecule has 0 amide bonds. The first-order valence-corrected chi connectivity index (χ1v) is 7.87. The van der Waals surface area contributed by atoms with E-state index in [1.807, 2.05) is 30.3 Å². The number of piperidine rings is 1. The lowest BCUT2D eigenvalue weighted by atomic mass is 9.87. The number of aliphatic carboxylic acids is 1. The second-order valence-corrected chi connectivity index (χ2v) is 5.98. The normalized spacial score (nSPS) is 24.7. The number of rotatable bonds is 6. The van der Waals surface area contributed by atoms with Crippen molar-refractivity contribution in [3.8, 4) is 0 Å². The summed E-state index contributed by atoms with van der Waals surface area (Å²) in [4.78, 5) is 13.9. The lowest BCUT2D eigenvalue weighted by Gasteiger charge is -2.40. The molecule has 1 aliphatic heterocycles. The van der Waals surface area contributed by atoms with Crippen LogP contribution in [-0.4, -0.2) is 41.7 Å². The molecule has 0 spiro atoms. The van der Waals surface area contributed by atoms with Gasteiger partial charge in [-0.1, -0.05) is 43.7 Å². The average Bonchev–Trinajstić information content (AvgIpc) is 2.53. The molecule has 3 N–H and O–H groups in total. The molecular formula is C17H26N2O2. The lowest BCUT2D eigenvalue weighted by molar-refractivity contribution is -0.139. The summed E-state index contributed by atoms with van der Waals surface area (Å²) in [5.74, 6) is -0.497. The van der Waals surface area contributed by atoms with Crippen molar-refractivity contribution in [1.29, 1.82) is 0 Å². The summed E-state index contributed by atoms with van der Waals surface area (Å²) in [7, 11) is 0. The summed E-state index contributed by atoms with van der Waals surface area (Å²) in [6.07, 6.45) is 3.42. The van der Waals surface area contributed by atoms with E-state index in [-0.39, 0.29) is 0 Å². The van der Waals surface area contributed by atoms with Gasteiger partial charge in [-0.25, -0.2) is 0 Å². The van der Waals surface area contributed by atoms with Crippen LogP contribution < -0.4 is 5.73 Å². The van der Waals surface area contributed by atoms with Crippen LogP contribution in [-0.2, 0) is 4.79 Å². The van der Waals surface area contributed by atoms with Gasteiger partial charge in [0.2, 0.25) is 0 Å². The number of carboxylic acid groups (broad SMARTS) is 1. The molecule has 1 aromatic carbocycles. The van der Waals surface area contributed by atoms with Gasteiger partial charge >= 0.3 is 5.97 Å². The molecule has 0 aliphatic carbocycles. The smallest absolute Gasteiger partial charge is 0.312 e. The Morgan fingerprint density at radius 1 is 1.43 bits per heavy atom. The van der Waals surface area contributed by atoms with Crippen LogP contribution in [0.5, 0.6) is 0 Å². The van der Waals surface area contributed by atoms with E-state index in [2.05, 4.69) is 11.8 Å². The van der Waals surface area contributed by atoms with Crippen molar-refractivity contribution in [1.82, 2.24) is 4.90 Å². The van der Waals surface area contributed by atoms with Crippen molar-refractivity contribution in [2.24, 2.45) is 11.7 Å². The monoisotopic (exact) mass is 290 g/mol. The van der Waals surface area contributed by atoms with E-state index in [4.69, 9.17) is 5.73 Å². The van der Waals surface area contributed by atoms with Crippen molar-refractivity contribution in [3.05, 3.63) is 35.9 Å². The molecule has 116 valence electrons. The van der Waals surface area contributed by atoms with E-state index in [0.29, 0.717) is 19.1 Å². The minimum absolute atomic E-state index is 0.314. The summed E-state index contributed by atoms with van der Waals surface area (Å²) in [5.41, 5.74) is 6.79. The summed E-state index contributed by atoms with van der Waals surface area (Å²) in [6.45, 7) is 4.34. The lowest BCUT2D eigenvalue weighted by Crippen LogP contribution is -2.48. The quantitative estimate of drug-likeness (QED) is 0.843. The van der Waals surface area contributed by atoms with Gasteiger partial charge in [-0.3, -0.25) is 9.69 Å². The number of benzene rings is 1. The number of likely N-dealkylation sites (tertiary alicyclic amines) is 1. The van der Waals surface area contributed by atoms with Gasteiger partial charge in [0.25, 0.3) is 0 Å². The van der Waals surface area contributed by atoms with E-state index in [9.17, 15) is 9.90 Å². The summed E-state index contributed by atoms with van der Waals surface area (Å²) >= 11 is 0. The molecule has 4 heteroatoms. The Hall–Kier alpha value is -1.39. The molecule has 1 fully saturated rings. The summed E-state index contributed by atoms with van der Waals surface area (Å²) < 4.78 is 0. The molecule has 1 heterocycles. The van der Waals surface area contributed by atoms with Gasteiger partial charge in [0.1, 0.15) is 0 Å². The first-order chi connectivity index (χ1) is 10.2. The molecule has 0 radical (unpaired) electrons. The van der Waals surface area contributed by atoms with Crippen LogP contribution in [0, 0.1) is 5.92 Å². The van der Waals surface area contributed by atoms with E-state index < -0.39 is 11.9 Å². The van der Waals surface area contributed by atoms with E-state index in [1.54, 1.807) is 0 Å². The Bertz CT molecular complexity index is 449. The first kappa shape index (κ1) is 16.0. The molecule has 21 heavy (non-hydrogen) atoms. The molecular weight excluding hydrogens is 264 g/mol. The SMILES string of the molecule is CCC1CCN(CC(C(=O)O)c2ccccc2)C(CN)C1. The van der Waals surface area contributed by atoms with Crippen molar-refractivity contribution in [3.63, 3.8) is 0 Å². The predicted octanol–water partition coefficient (Wildman–Crippen LogP) is 2.30. The van der Waals surface area contributed by atoms with Crippen LogP contribution in [0.2, 0.25) is 0 Å². The molecule has 1 saturated heterocycles. The van der Waals surface area contributed by atoms with Crippen molar-refractivity contribution < 1.29 is 9.90 Å². The Balaban J connectivity index is 2.08. The molecule has 4 nitrogen and oxygen atoms in total. The highest BCUT2D eigenvalue weighted by Crippen LogP contribution is 2.27. The maximum absolute atomic E-state index is 11.6. The molecule has 1 aromatic rings. The van der Waals surface area contributed by atoms with E-state index in [1.165, 1.54) is 6.42 Å². The van der Waals surface area contributed by atoms with Gasteiger partial charge in [-0.15, -0.1) is 0 Å². The Morgan fingerprint density at radius 2 is 2.14 bits per heavy atom. The van der Waals surface area contributed by atoms with E-state index >= 15 is 0 Å². The van der Waals surface area contributed by atoms with Gasteiger partial charge in [-0.2, -0.15) is 0 Å². The molecule has 3 unspecified atom stereocenters. The fourth-order valence-corrected chi connectivity index (χ4v) is 3.29. The maximum Gasteiger partial charge on any atom is 0.312 e. The number of carbonyl (C=O) groups is 1. The number of nitrogens with zero attached hydrogens (tertiary/aromatic N) is 1. The third-order valence-electron chi connectivity index (χ3n) is 4.71. The summed E-state index contributed by atoms with van der Waals surface area (Å²) in [6, 6.07) is 9.82. The Kier molecular flexibility index (Phi) is 5.76. The second kappa shape index (κ2) is 7.57. The molecule has 0 aromatic heterocycles. The van der Waals surface area contributed by atoms with Crippen LogP contribution in [0.1, 0.15) is 37.7 Å². The Labute approximate surface area is 126 Å². The van der Waals surface area contributed by atoms with Crippen LogP contribution >= 0.6 is 0 Å². The van der Waals surface area contributed by atoms with Crippen LogP contribution in [0.3, 0.4) is 0 Å². The fraction of sp³-hybridized carbons (Fsp3) is 0.588. The van der Waals surface area contributed by atoms with Gasteiger partial charge < -0.3 is 10.8 Å². The molecule has 3 atom stereocenters. The first-order valence-electron chi connectivity index (χ1n) is 7.87. The molecule has 2 rings (SSSR count). The number of nitrogens with two attached hydrogens (primary N) is 1. The van der Waals surface area contributed by atoms with Crippen LogP contribution in [0.4, 0.5) is 0 Å². The standard InChI is InChI=1S/C17H26N2O2/c1-2-13-8-9-19(15(10-13)11-18)12-16(17(20)21)14-6-4-3-5-7-14/h3-7,13,15-16H,2,8-12,18H2,1H3,(H,20,21). The summed E-state index contributed by atoms with van der Waals surface area (Å²) in [5, 5.41) is 9.56. The van der Waals surface area contributed by atoms with Crippen LogP contribution in [0.25, 0.3) is 0 Å². The molecule has 0 saturated carbocycles. The largest absolute Gasteiger partial charge is 0.481 e. The van der Waals surface area contributed by atoms with Gasteiger partial charge in [-0.05, 0) is 30.9 Å². The third-order valence-corrected chi connectivity index (χ3v) is 4.71. The number of carboxylic acids is 1. The van der Waals surface area contributed by atoms with Crippen molar-refractivity contribution >= 4 is 5.97 Å². The van der Waals surface area contributed by atoms with Gasteiger partial charge in [0.15, 0.2) is 0 Å².